The normalized spacial score (nSPS) is 15.6. The zero-order valence-electron chi connectivity index (χ0n) is 11.1. The maximum Gasteiger partial charge on any atom is 0.326 e. The summed E-state index contributed by atoms with van der Waals surface area (Å²) in [6.07, 6.45) is 5.48. The molecule has 1 amide bonds. The molecule has 1 aliphatic rings. The van der Waals surface area contributed by atoms with Crippen molar-refractivity contribution in [3.63, 3.8) is 0 Å². The second kappa shape index (κ2) is 6.19. The fourth-order valence-corrected chi connectivity index (χ4v) is 3.59. The van der Waals surface area contributed by atoms with Crippen molar-refractivity contribution in [3.8, 4) is 0 Å². The van der Waals surface area contributed by atoms with Crippen LogP contribution in [0.1, 0.15) is 53.4 Å². The Labute approximate surface area is 116 Å². The summed E-state index contributed by atoms with van der Waals surface area (Å²) in [6, 6.07) is -0.781. The topological polar surface area (TPSA) is 66.4 Å². The predicted octanol–water partition coefficient (Wildman–Crippen LogP) is 2.61. The van der Waals surface area contributed by atoms with Crippen LogP contribution in [-0.2, 0) is 17.6 Å². The molecule has 0 spiro atoms. The minimum atomic E-state index is -0.959. The molecule has 0 bridgehead atoms. The highest BCUT2D eigenvalue weighted by Crippen LogP contribution is 2.30. The van der Waals surface area contributed by atoms with Gasteiger partial charge in [0.25, 0.3) is 5.91 Å². The summed E-state index contributed by atoms with van der Waals surface area (Å²) < 4.78 is 0. The van der Waals surface area contributed by atoms with Crippen molar-refractivity contribution in [2.45, 2.75) is 51.5 Å². The zero-order chi connectivity index (χ0) is 13.8. The van der Waals surface area contributed by atoms with Gasteiger partial charge in [0.1, 0.15) is 6.04 Å². The van der Waals surface area contributed by atoms with E-state index in [0.29, 0.717) is 12.0 Å². The number of aryl methyl sites for hydroxylation is 1. The summed E-state index contributed by atoms with van der Waals surface area (Å²) in [7, 11) is 0. The molecule has 0 aromatic carbocycles. The number of carbonyl (C=O) groups is 2. The number of amides is 1. The highest BCUT2D eigenvalue weighted by Gasteiger charge is 2.24. The summed E-state index contributed by atoms with van der Waals surface area (Å²) >= 11 is 1.62. The van der Waals surface area contributed by atoms with Crippen LogP contribution in [0.2, 0.25) is 0 Å². The molecule has 0 saturated heterocycles. The number of carbonyl (C=O) groups excluding carboxylic acids is 1. The van der Waals surface area contributed by atoms with E-state index in [4.69, 9.17) is 5.11 Å². The number of carboxylic acid groups (broad SMARTS) is 1. The Bertz CT molecular complexity index is 481. The first kappa shape index (κ1) is 14.1. The summed E-state index contributed by atoms with van der Waals surface area (Å²) in [5.74, 6) is -1.19. The van der Waals surface area contributed by atoms with E-state index >= 15 is 0 Å². The summed E-state index contributed by atoms with van der Waals surface area (Å²) in [5.41, 5.74) is 1.82. The Hall–Kier alpha value is -1.36. The molecule has 1 atom stereocenters. The van der Waals surface area contributed by atoms with Gasteiger partial charge >= 0.3 is 5.97 Å². The Morgan fingerprint density at radius 3 is 2.84 bits per heavy atom. The number of carboxylic acids is 1. The summed E-state index contributed by atoms with van der Waals surface area (Å²) in [5, 5.41) is 13.6. The molecule has 0 saturated carbocycles. The number of thiophene rings is 1. The number of aliphatic carboxylic acids is 1. The Kier molecular flexibility index (Phi) is 4.58. The van der Waals surface area contributed by atoms with E-state index in [-0.39, 0.29) is 5.91 Å². The zero-order valence-corrected chi connectivity index (χ0v) is 11.9. The van der Waals surface area contributed by atoms with E-state index in [1.54, 1.807) is 11.3 Å². The third-order valence-corrected chi connectivity index (χ3v) is 4.58. The van der Waals surface area contributed by atoms with Gasteiger partial charge in [0.05, 0.1) is 5.56 Å². The number of fused-ring (bicyclic) bond motifs is 1. The van der Waals surface area contributed by atoms with Crippen molar-refractivity contribution < 1.29 is 14.7 Å². The molecule has 1 heterocycles. The van der Waals surface area contributed by atoms with Crippen LogP contribution in [0.4, 0.5) is 0 Å². The van der Waals surface area contributed by atoms with Crippen LogP contribution >= 0.6 is 11.3 Å². The van der Waals surface area contributed by atoms with Gasteiger partial charge in [-0.15, -0.1) is 11.3 Å². The van der Waals surface area contributed by atoms with Gasteiger partial charge in [-0.1, -0.05) is 13.3 Å². The summed E-state index contributed by atoms with van der Waals surface area (Å²) in [4.78, 5) is 24.6. The highest BCUT2D eigenvalue weighted by atomic mass is 32.1. The molecule has 1 aromatic heterocycles. The fraction of sp³-hybridized carbons (Fsp3) is 0.571. The average Bonchev–Trinajstić information content (AvgIpc) is 2.81. The lowest BCUT2D eigenvalue weighted by Gasteiger charge is -2.15. The molecule has 1 aliphatic carbocycles. The SMILES string of the molecule is CCC[C@@H](NC(=O)c1csc2c1CCCC2)C(=O)O. The van der Waals surface area contributed by atoms with Gasteiger partial charge in [0.15, 0.2) is 0 Å². The minimum absolute atomic E-state index is 0.236. The van der Waals surface area contributed by atoms with Crippen LogP contribution in [-0.4, -0.2) is 23.0 Å². The largest absolute Gasteiger partial charge is 0.480 e. The van der Waals surface area contributed by atoms with Crippen molar-refractivity contribution in [1.82, 2.24) is 5.32 Å². The third kappa shape index (κ3) is 3.15. The van der Waals surface area contributed by atoms with E-state index in [2.05, 4.69) is 5.32 Å². The van der Waals surface area contributed by atoms with Gasteiger partial charge in [-0.2, -0.15) is 0 Å². The third-order valence-electron chi connectivity index (χ3n) is 3.49. The lowest BCUT2D eigenvalue weighted by Crippen LogP contribution is -2.40. The Morgan fingerprint density at radius 2 is 2.16 bits per heavy atom. The molecule has 0 aliphatic heterocycles. The van der Waals surface area contributed by atoms with Crippen molar-refractivity contribution in [2.75, 3.05) is 0 Å². The first-order valence-corrected chi connectivity index (χ1v) is 7.64. The second-order valence-electron chi connectivity index (χ2n) is 4.91. The molecule has 2 rings (SSSR count). The number of hydrogen-bond acceptors (Lipinski definition) is 3. The second-order valence-corrected chi connectivity index (χ2v) is 5.88. The maximum atomic E-state index is 12.2. The van der Waals surface area contributed by atoms with E-state index < -0.39 is 12.0 Å². The average molecular weight is 281 g/mol. The molecular formula is C14H19NO3S. The van der Waals surface area contributed by atoms with Gasteiger partial charge < -0.3 is 10.4 Å². The van der Waals surface area contributed by atoms with Gasteiger partial charge in [0.2, 0.25) is 0 Å². The molecular weight excluding hydrogens is 262 g/mol. The van der Waals surface area contributed by atoms with E-state index in [0.717, 1.165) is 31.2 Å². The van der Waals surface area contributed by atoms with E-state index in [1.165, 1.54) is 11.3 Å². The standard InChI is InChI=1S/C14H19NO3S/c1-2-5-11(14(17)18)15-13(16)10-8-19-12-7-4-3-6-9(10)12/h8,11H,2-7H2,1H3,(H,15,16)(H,17,18)/t11-/m1/s1. The fourth-order valence-electron chi connectivity index (χ4n) is 2.47. The van der Waals surface area contributed by atoms with Crippen LogP contribution < -0.4 is 5.32 Å². The number of nitrogens with one attached hydrogen (secondary N) is 1. The van der Waals surface area contributed by atoms with Gasteiger partial charge in [-0.25, -0.2) is 4.79 Å². The van der Waals surface area contributed by atoms with Crippen LogP contribution in [0.25, 0.3) is 0 Å². The summed E-state index contributed by atoms with van der Waals surface area (Å²) in [6.45, 7) is 1.91. The molecule has 0 unspecified atom stereocenters. The molecule has 4 nitrogen and oxygen atoms in total. The first-order chi connectivity index (χ1) is 9.13. The number of hydrogen-bond donors (Lipinski definition) is 2. The molecule has 2 N–H and O–H groups in total. The van der Waals surface area contributed by atoms with Crippen LogP contribution in [0, 0.1) is 0 Å². The van der Waals surface area contributed by atoms with Crippen molar-refractivity contribution in [2.24, 2.45) is 0 Å². The quantitative estimate of drug-likeness (QED) is 0.872. The van der Waals surface area contributed by atoms with Crippen LogP contribution in [0.5, 0.6) is 0 Å². The molecule has 1 aromatic rings. The van der Waals surface area contributed by atoms with Gasteiger partial charge in [-0.05, 0) is 37.7 Å². The van der Waals surface area contributed by atoms with Crippen molar-refractivity contribution >= 4 is 23.2 Å². The first-order valence-electron chi connectivity index (χ1n) is 6.76. The smallest absolute Gasteiger partial charge is 0.326 e. The van der Waals surface area contributed by atoms with Crippen molar-refractivity contribution in [3.05, 3.63) is 21.4 Å². The lowest BCUT2D eigenvalue weighted by molar-refractivity contribution is -0.139. The van der Waals surface area contributed by atoms with E-state index in [9.17, 15) is 9.59 Å². The molecule has 5 heteroatoms. The molecule has 19 heavy (non-hydrogen) atoms. The molecule has 0 fully saturated rings. The molecule has 104 valence electrons. The maximum absolute atomic E-state index is 12.2. The minimum Gasteiger partial charge on any atom is -0.480 e. The van der Waals surface area contributed by atoms with Crippen molar-refractivity contribution in [1.29, 1.82) is 0 Å². The number of rotatable bonds is 5. The van der Waals surface area contributed by atoms with E-state index in [1.807, 2.05) is 12.3 Å². The Balaban J connectivity index is 2.11. The monoisotopic (exact) mass is 281 g/mol. The van der Waals surface area contributed by atoms with Crippen LogP contribution in [0.15, 0.2) is 5.38 Å². The van der Waals surface area contributed by atoms with Crippen LogP contribution in [0.3, 0.4) is 0 Å². The lowest BCUT2D eigenvalue weighted by atomic mass is 9.95. The highest BCUT2D eigenvalue weighted by molar-refractivity contribution is 7.10. The predicted molar refractivity (Wildman–Crippen MR) is 74.8 cm³/mol. The Morgan fingerprint density at radius 1 is 1.42 bits per heavy atom. The molecule has 0 radical (unpaired) electrons. The van der Waals surface area contributed by atoms with Gasteiger partial charge in [-0.3, -0.25) is 4.79 Å². The van der Waals surface area contributed by atoms with Gasteiger partial charge in [0, 0.05) is 10.3 Å².